The van der Waals surface area contributed by atoms with Crippen molar-refractivity contribution in [3.8, 4) is 0 Å². The molecule has 0 fully saturated rings. The van der Waals surface area contributed by atoms with Crippen molar-refractivity contribution in [2.45, 2.75) is 6.42 Å². The Balaban J connectivity index is 2.45. The zero-order chi connectivity index (χ0) is 10.4. The van der Waals surface area contributed by atoms with E-state index in [9.17, 15) is 4.39 Å². The second-order valence-electron chi connectivity index (χ2n) is 2.92. The fraction of sp³-hybridized carbons (Fsp3) is 0.400. The summed E-state index contributed by atoms with van der Waals surface area (Å²) in [4.78, 5) is 0. The van der Waals surface area contributed by atoms with E-state index in [0.717, 1.165) is 23.1 Å². The van der Waals surface area contributed by atoms with Crippen molar-refractivity contribution in [2.75, 3.05) is 19.0 Å². The van der Waals surface area contributed by atoms with Gasteiger partial charge < -0.3 is 5.32 Å². The van der Waals surface area contributed by atoms with Crippen molar-refractivity contribution in [1.82, 2.24) is 5.32 Å². The molecule has 0 aliphatic carbocycles. The molecule has 0 aromatic heterocycles. The molecule has 0 bridgehead atoms. The van der Waals surface area contributed by atoms with Crippen molar-refractivity contribution in [1.29, 1.82) is 0 Å². The zero-order valence-corrected chi connectivity index (χ0v) is 10.0. The van der Waals surface area contributed by atoms with Crippen LogP contribution in [-0.2, 0) is 6.42 Å². The lowest BCUT2D eigenvalue weighted by Gasteiger charge is -2.04. The quantitative estimate of drug-likeness (QED) is 0.646. The van der Waals surface area contributed by atoms with Gasteiger partial charge in [0.1, 0.15) is 5.82 Å². The fourth-order valence-electron chi connectivity index (χ4n) is 1.15. The molecule has 78 valence electrons. The van der Waals surface area contributed by atoms with E-state index in [1.807, 2.05) is 0 Å². The summed E-state index contributed by atoms with van der Waals surface area (Å²) in [7, 11) is 0. The molecule has 0 amide bonds. The Labute approximate surface area is 96.8 Å². The first-order valence-electron chi connectivity index (χ1n) is 4.44. The van der Waals surface area contributed by atoms with E-state index in [0.29, 0.717) is 12.3 Å². The Morgan fingerprint density at radius 3 is 2.86 bits per heavy atom. The van der Waals surface area contributed by atoms with E-state index in [-0.39, 0.29) is 5.82 Å². The lowest BCUT2D eigenvalue weighted by atomic mass is 10.1. The standard InChI is InChI=1S/C10H12BrClFN/c11-9-1-2-10(13)8(7-9)3-5-14-6-4-12/h1-2,7,14H,3-6H2. The number of benzene rings is 1. The predicted molar refractivity (Wildman–Crippen MR) is 61.4 cm³/mol. The van der Waals surface area contributed by atoms with Crippen LogP contribution in [0.2, 0.25) is 0 Å². The minimum atomic E-state index is -0.152. The summed E-state index contributed by atoms with van der Waals surface area (Å²) in [6.07, 6.45) is 0.683. The summed E-state index contributed by atoms with van der Waals surface area (Å²) >= 11 is 8.81. The average molecular weight is 281 g/mol. The zero-order valence-electron chi connectivity index (χ0n) is 7.69. The van der Waals surface area contributed by atoms with Crippen molar-refractivity contribution in [2.24, 2.45) is 0 Å². The third kappa shape index (κ3) is 3.95. The van der Waals surface area contributed by atoms with Gasteiger partial charge in [0.15, 0.2) is 0 Å². The highest BCUT2D eigenvalue weighted by molar-refractivity contribution is 9.10. The van der Waals surface area contributed by atoms with Crippen LogP contribution in [0.3, 0.4) is 0 Å². The van der Waals surface area contributed by atoms with Crippen LogP contribution < -0.4 is 5.32 Å². The molecule has 0 saturated carbocycles. The highest BCUT2D eigenvalue weighted by Crippen LogP contribution is 2.15. The van der Waals surface area contributed by atoms with E-state index >= 15 is 0 Å². The minimum Gasteiger partial charge on any atom is -0.315 e. The van der Waals surface area contributed by atoms with Crippen molar-refractivity contribution in [3.05, 3.63) is 34.1 Å². The smallest absolute Gasteiger partial charge is 0.126 e. The summed E-state index contributed by atoms with van der Waals surface area (Å²) in [6.45, 7) is 1.51. The fourth-order valence-corrected chi connectivity index (χ4v) is 1.69. The maximum absolute atomic E-state index is 13.2. The van der Waals surface area contributed by atoms with Crippen LogP contribution in [0.5, 0.6) is 0 Å². The highest BCUT2D eigenvalue weighted by atomic mass is 79.9. The topological polar surface area (TPSA) is 12.0 Å². The summed E-state index contributed by atoms with van der Waals surface area (Å²) in [5, 5.41) is 3.12. The number of halogens is 3. The molecule has 0 atom stereocenters. The van der Waals surface area contributed by atoms with Gasteiger partial charge in [-0.2, -0.15) is 0 Å². The van der Waals surface area contributed by atoms with Crippen LogP contribution >= 0.6 is 27.5 Å². The van der Waals surface area contributed by atoms with E-state index in [4.69, 9.17) is 11.6 Å². The Bertz CT molecular complexity index is 293. The molecule has 1 rings (SSSR count). The van der Waals surface area contributed by atoms with Gasteiger partial charge in [0.25, 0.3) is 0 Å². The van der Waals surface area contributed by atoms with Crippen molar-refractivity contribution >= 4 is 27.5 Å². The van der Waals surface area contributed by atoms with Gasteiger partial charge in [0.05, 0.1) is 0 Å². The minimum absolute atomic E-state index is 0.152. The van der Waals surface area contributed by atoms with Crippen molar-refractivity contribution in [3.63, 3.8) is 0 Å². The summed E-state index contributed by atoms with van der Waals surface area (Å²) in [5.74, 6) is 0.432. The molecule has 0 spiro atoms. The maximum Gasteiger partial charge on any atom is 0.126 e. The number of hydrogen-bond acceptors (Lipinski definition) is 1. The average Bonchev–Trinajstić information content (AvgIpc) is 2.18. The lowest BCUT2D eigenvalue weighted by molar-refractivity contribution is 0.601. The predicted octanol–water partition coefficient (Wildman–Crippen LogP) is 2.96. The van der Waals surface area contributed by atoms with Gasteiger partial charge >= 0.3 is 0 Å². The molecular weight excluding hydrogens is 268 g/mol. The second kappa shape index (κ2) is 6.38. The Hall–Kier alpha value is -0.120. The molecule has 4 heteroatoms. The van der Waals surface area contributed by atoms with Gasteiger partial charge in [-0.3, -0.25) is 0 Å². The number of alkyl halides is 1. The molecule has 0 radical (unpaired) electrons. The first kappa shape index (κ1) is 12.0. The Morgan fingerprint density at radius 1 is 1.36 bits per heavy atom. The highest BCUT2D eigenvalue weighted by Gasteiger charge is 2.01. The van der Waals surface area contributed by atoms with Gasteiger partial charge in [0, 0.05) is 16.9 Å². The normalized spacial score (nSPS) is 10.5. The third-order valence-electron chi connectivity index (χ3n) is 1.85. The van der Waals surface area contributed by atoms with Gasteiger partial charge in [0.2, 0.25) is 0 Å². The molecule has 0 saturated heterocycles. The molecule has 0 aliphatic rings. The lowest BCUT2D eigenvalue weighted by Crippen LogP contribution is -2.19. The Kier molecular flexibility index (Phi) is 5.45. The first-order chi connectivity index (χ1) is 6.74. The molecule has 0 aliphatic heterocycles. The van der Waals surface area contributed by atoms with Crippen LogP contribution in [0.15, 0.2) is 22.7 Å². The van der Waals surface area contributed by atoms with Gasteiger partial charge in [-0.1, -0.05) is 15.9 Å². The first-order valence-corrected chi connectivity index (χ1v) is 5.77. The van der Waals surface area contributed by atoms with Crippen molar-refractivity contribution < 1.29 is 4.39 Å². The number of nitrogens with one attached hydrogen (secondary N) is 1. The van der Waals surface area contributed by atoms with E-state index < -0.39 is 0 Å². The maximum atomic E-state index is 13.2. The van der Waals surface area contributed by atoms with Gasteiger partial charge in [-0.15, -0.1) is 11.6 Å². The monoisotopic (exact) mass is 279 g/mol. The SMILES string of the molecule is Fc1ccc(Br)cc1CCNCCCl. The molecule has 14 heavy (non-hydrogen) atoms. The molecule has 1 N–H and O–H groups in total. The van der Waals surface area contributed by atoms with Crippen LogP contribution in [0.25, 0.3) is 0 Å². The van der Waals surface area contributed by atoms with Crippen LogP contribution in [-0.4, -0.2) is 19.0 Å². The van der Waals surface area contributed by atoms with E-state index in [1.54, 1.807) is 12.1 Å². The number of rotatable bonds is 5. The summed E-state index contributed by atoms with van der Waals surface area (Å²) in [5.41, 5.74) is 0.724. The largest absolute Gasteiger partial charge is 0.315 e. The van der Waals surface area contributed by atoms with E-state index in [1.165, 1.54) is 6.07 Å². The molecule has 1 aromatic rings. The molecule has 0 heterocycles. The van der Waals surface area contributed by atoms with Gasteiger partial charge in [-0.05, 0) is 36.7 Å². The van der Waals surface area contributed by atoms with Crippen LogP contribution in [0, 0.1) is 5.82 Å². The third-order valence-corrected chi connectivity index (χ3v) is 2.53. The molecule has 0 unspecified atom stereocenters. The van der Waals surface area contributed by atoms with E-state index in [2.05, 4.69) is 21.2 Å². The molecule has 1 nitrogen and oxygen atoms in total. The van der Waals surface area contributed by atoms with Gasteiger partial charge in [-0.25, -0.2) is 4.39 Å². The molecular formula is C10H12BrClFN. The summed E-state index contributed by atoms with van der Waals surface area (Å²) in [6, 6.07) is 4.98. The summed E-state index contributed by atoms with van der Waals surface area (Å²) < 4.78 is 14.1. The Morgan fingerprint density at radius 2 is 2.14 bits per heavy atom. The van der Waals surface area contributed by atoms with Crippen LogP contribution in [0.4, 0.5) is 4.39 Å². The van der Waals surface area contributed by atoms with Crippen LogP contribution in [0.1, 0.15) is 5.56 Å². The molecule has 1 aromatic carbocycles. The second-order valence-corrected chi connectivity index (χ2v) is 4.22. The number of hydrogen-bond donors (Lipinski definition) is 1.